The lowest BCUT2D eigenvalue weighted by molar-refractivity contribution is -0.136. The lowest BCUT2D eigenvalue weighted by Gasteiger charge is -2.30. The average Bonchev–Trinajstić information content (AvgIpc) is 4.11. The normalized spacial score (nSPS) is 18.6. The molecule has 0 saturated carbocycles. The van der Waals surface area contributed by atoms with E-state index in [1.54, 1.807) is 6.20 Å². The van der Waals surface area contributed by atoms with Crippen LogP contribution in [0.4, 0.5) is 9.59 Å². The van der Waals surface area contributed by atoms with E-state index in [0.29, 0.717) is 25.5 Å². The molecule has 2 saturated heterocycles. The summed E-state index contributed by atoms with van der Waals surface area (Å²) in [7, 11) is 2.58. The van der Waals surface area contributed by atoms with Crippen molar-refractivity contribution in [2.24, 2.45) is 11.8 Å². The topological polar surface area (TPSA) is 189 Å². The molecule has 0 spiro atoms. The molecule has 6 heterocycles. The molecule has 61 heavy (non-hydrogen) atoms. The molecule has 2 fully saturated rings. The fourth-order valence-electron chi connectivity index (χ4n) is 9.02. The number of methoxy groups -OCH3 is 2. The molecule has 4 atom stereocenters. The van der Waals surface area contributed by atoms with E-state index in [-0.39, 0.29) is 35.7 Å². The first-order chi connectivity index (χ1) is 29.4. The SMILES string of the molecule is COC(=O)N[C@H](C(=O)N1CCC[C@H]1c1ncc(-c2ccc3c(c2)OCCCn2c-3cc3cc(-c4cnc([C@@H]5CCCN5C(=O)[C@@H](NC(=O)OC)C(C)C)[nH]4)ccc32)[nH]1)C(C)C. The van der Waals surface area contributed by atoms with Crippen molar-refractivity contribution in [2.75, 3.05) is 33.9 Å². The van der Waals surface area contributed by atoms with Gasteiger partial charge in [0, 0.05) is 47.2 Å². The molecule has 0 radical (unpaired) electrons. The minimum Gasteiger partial charge on any atom is -0.493 e. The number of aromatic nitrogens is 5. The minimum absolute atomic E-state index is 0.115. The average molecular weight is 834 g/mol. The summed E-state index contributed by atoms with van der Waals surface area (Å²) in [6.07, 6.45) is 6.42. The quantitative estimate of drug-likeness (QED) is 0.115. The number of rotatable bonds is 10. The zero-order valence-corrected chi connectivity index (χ0v) is 35.6. The Morgan fingerprint density at radius 2 is 1.26 bits per heavy atom. The van der Waals surface area contributed by atoms with Crippen molar-refractivity contribution < 1.29 is 33.4 Å². The summed E-state index contributed by atoms with van der Waals surface area (Å²) in [5, 5.41) is 6.51. The second-order valence-corrected chi connectivity index (χ2v) is 16.8. The third-order valence-electron chi connectivity index (χ3n) is 12.2. The number of alkyl carbamates (subject to hydrolysis) is 2. The van der Waals surface area contributed by atoms with Crippen LogP contribution in [0.2, 0.25) is 0 Å². The minimum atomic E-state index is -0.705. The molecule has 16 heteroatoms. The van der Waals surface area contributed by atoms with Crippen LogP contribution in [0, 0.1) is 11.8 Å². The highest BCUT2D eigenvalue weighted by molar-refractivity contribution is 5.92. The number of ether oxygens (including phenoxy) is 3. The summed E-state index contributed by atoms with van der Waals surface area (Å²) in [4.78, 5) is 71.6. The van der Waals surface area contributed by atoms with Crippen LogP contribution in [0.5, 0.6) is 5.75 Å². The van der Waals surface area contributed by atoms with Crippen molar-refractivity contribution in [3.63, 3.8) is 0 Å². The molecule has 4 N–H and O–H groups in total. The van der Waals surface area contributed by atoms with Crippen molar-refractivity contribution in [3.8, 4) is 39.5 Å². The maximum atomic E-state index is 13.7. The maximum absolute atomic E-state index is 13.7. The fraction of sp³-hybridized carbons (Fsp3) is 0.467. The van der Waals surface area contributed by atoms with Gasteiger partial charge in [-0.15, -0.1) is 0 Å². The predicted octanol–water partition coefficient (Wildman–Crippen LogP) is 6.96. The van der Waals surface area contributed by atoms with Crippen molar-refractivity contribution in [2.45, 2.75) is 90.5 Å². The summed E-state index contributed by atoms with van der Waals surface area (Å²) in [5.41, 5.74) is 6.75. The molecule has 4 amide bonds. The van der Waals surface area contributed by atoms with Crippen molar-refractivity contribution in [3.05, 3.63) is 66.5 Å². The third kappa shape index (κ3) is 8.14. The summed E-state index contributed by atoms with van der Waals surface area (Å²) < 4.78 is 18.3. The van der Waals surface area contributed by atoms with Crippen molar-refractivity contribution >= 4 is 34.9 Å². The molecule has 0 unspecified atom stereocenters. The number of carbonyl (C=O) groups is 4. The highest BCUT2D eigenvalue weighted by Gasteiger charge is 2.39. The second kappa shape index (κ2) is 17.3. The van der Waals surface area contributed by atoms with Gasteiger partial charge in [-0.2, -0.15) is 0 Å². The molecule has 8 rings (SSSR count). The summed E-state index contributed by atoms with van der Waals surface area (Å²) in [5.74, 6) is 1.68. The maximum Gasteiger partial charge on any atom is 0.407 e. The van der Waals surface area contributed by atoms with Crippen LogP contribution in [0.3, 0.4) is 0 Å². The van der Waals surface area contributed by atoms with Gasteiger partial charge in [0.2, 0.25) is 11.8 Å². The van der Waals surface area contributed by atoms with Crippen LogP contribution in [0.15, 0.2) is 54.9 Å². The van der Waals surface area contributed by atoms with E-state index >= 15 is 0 Å². The molecule has 3 aliphatic rings. The largest absolute Gasteiger partial charge is 0.493 e. The Morgan fingerprint density at radius 3 is 1.80 bits per heavy atom. The van der Waals surface area contributed by atoms with E-state index in [2.05, 4.69) is 67.6 Å². The highest BCUT2D eigenvalue weighted by atomic mass is 16.5. The van der Waals surface area contributed by atoms with Crippen LogP contribution < -0.4 is 15.4 Å². The zero-order chi connectivity index (χ0) is 42.9. The van der Waals surface area contributed by atoms with E-state index in [1.807, 2.05) is 43.7 Å². The first-order valence-corrected chi connectivity index (χ1v) is 21.3. The Kier molecular flexibility index (Phi) is 11.8. The summed E-state index contributed by atoms with van der Waals surface area (Å²) >= 11 is 0. The van der Waals surface area contributed by atoms with E-state index in [9.17, 15) is 19.2 Å². The fourth-order valence-corrected chi connectivity index (χ4v) is 9.02. The van der Waals surface area contributed by atoms with Gasteiger partial charge in [0.1, 0.15) is 29.5 Å². The molecule has 322 valence electrons. The van der Waals surface area contributed by atoms with Crippen LogP contribution in [0.25, 0.3) is 44.7 Å². The van der Waals surface area contributed by atoms with Crippen LogP contribution in [-0.2, 0) is 25.6 Å². The lowest BCUT2D eigenvalue weighted by atomic mass is 10.0. The number of amides is 4. The van der Waals surface area contributed by atoms with Gasteiger partial charge in [-0.1, -0.05) is 39.8 Å². The first kappa shape index (κ1) is 41.4. The van der Waals surface area contributed by atoms with Crippen LogP contribution in [-0.4, -0.2) is 104 Å². The third-order valence-corrected chi connectivity index (χ3v) is 12.2. The highest BCUT2D eigenvalue weighted by Crippen LogP contribution is 2.41. The molecule has 0 bridgehead atoms. The Morgan fingerprint density at radius 1 is 0.721 bits per heavy atom. The van der Waals surface area contributed by atoms with E-state index < -0.39 is 24.3 Å². The van der Waals surface area contributed by atoms with Gasteiger partial charge in [0.25, 0.3) is 0 Å². The van der Waals surface area contributed by atoms with Gasteiger partial charge < -0.3 is 49.2 Å². The summed E-state index contributed by atoms with van der Waals surface area (Å²) in [6.45, 7) is 10.1. The molecule has 3 aliphatic heterocycles. The van der Waals surface area contributed by atoms with E-state index in [4.69, 9.17) is 24.2 Å². The number of hydrogen-bond acceptors (Lipinski definition) is 9. The van der Waals surface area contributed by atoms with Crippen molar-refractivity contribution in [1.29, 1.82) is 0 Å². The zero-order valence-electron chi connectivity index (χ0n) is 35.6. The Hall–Kier alpha value is -6.32. The van der Waals surface area contributed by atoms with Gasteiger partial charge in [-0.3, -0.25) is 9.59 Å². The van der Waals surface area contributed by atoms with Gasteiger partial charge in [-0.05, 0) is 74.3 Å². The molecular formula is C45H55N9O7. The number of hydrogen-bond donors (Lipinski definition) is 4. The molecule has 5 aromatic rings. The van der Waals surface area contributed by atoms with Crippen LogP contribution >= 0.6 is 0 Å². The summed E-state index contributed by atoms with van der Waals surface area (Å²) in [6, 6.07) is 13.0. The number of fused-ring (bicyclic) bond motifs is 5. The Balaban J connectivity index is 1.02. The van der Waals surface area contributed by atoms with Gasteiger partial charge >= 0.3 is 12.2 Å². The molecule has 2 aromatic carbocycles. The smallest absolute Gasteiger partial charge is 0.407 e. The Labute approximate surface area is 354 Å². The number of aromatic amines is 2. The van der Waals surface area contributed by atoms with E-state index in [1.165, 1.54) is 14.2 Å². The van der Waals surface area contributed by atoms with E-state index in [0.717, 1.165) is 94.9 Å². The predicted molar refractivity (Wildman–Crippen MR) is 228 cm³/mol. The van der Waals surface area contributed by atoms with Crippen molar-refractivity contribution in [1.82, 2.24) is 44.9 Å². The number of benzene rings is 2. The number of likely N-dealkylation sites (tertiary alicyclic amines) is 2. The molecular weight excluding hydrogens is 779 g/mol. The number of aryl methyl sites for hydroxylation is 1. The molecule has 16 nitrogen and oxygen atoms in total. The lowest BCUT2D eigenvalue weighted by Crippen LogP contribution is -2.51. The monoisotopic (exact) mass is 833 g/mol. The molecule has 3 aromatic heterocycles. The molecule has 0 aliphatic carbocycles. The number of nitrogens with zero attached hydrogens (tertiary/aromatic N) is 5. The van der Waals surface area contributed by atoms with Gasteiger partial charge in [0.15, 0.2) is 0 Å². The standard InChI is InChI=1S/C45H55N9O7/c1-25(2)38(50-44(57)59-5)42(55)53-16-7-10-34(53)40-46-23-31(48-40)27-13-15-33-29(20-27)21-36-30-14-12-28(22-37(30)61-19-9-18-52(33)36)32-24-47-41(49-32)35-11-8-17-54(35)43(56)39(26(3)4)51-45(58)60-6/h12-15,20-26,34-35,38-39H,7-11,16-19H2,1-6H3,(H,46,48)(H,47,49)(H,50,57)(H,51,58)/t34-,35-,38-,39-/m0/s1. The second-order valence-electron chi connectivity index (χ2n) is 16.8. The van der Waals surface area contributed by atoms with Gasteiger partial charge in [0.05, 0.1) is 62.4 Å². The number of imidazole rings is 2. The number of nitrogens with one attached hydrogen (secondary N) is 4. The number of H-pyrrole nitrogens is 2. The Bertz CT molecular complexity index is 2430. The number of carbonyl (C=O) groups excluding carboxylic acids is 4. The van der Waals surface area contributed by atoms with Gasteiger partial charge in [-0.25, -0.2) is 19.6 Å². The van der Waals surface area contributed by atoms with Crippen LogP contribution in [0.1, 0.15) is 83.5 Å². The first-order valence-electron chi connectivity index (χ1n) is 21.3.